The predicted molar refractivity (Wildman–Crippen MR) is 72.9 cm³/mol. The highest BCUT2D eigenvalue weighted by Gasteiger charge is 2.26. The van der Waals surface area contributed by atoms with Gasteiger partial charge >= 0.3 is 0 Å². The molecule has 1 atom stereocenters. The van der Waals surface area contributed by atoms with E-state index in [0.29, 0.717) is 0 Å². The van der Waals surface area contributed by atoms with E-state index in [-0.39, 0.29) is 6.04 Å². The van der Waals surface area contributed by atoms with Crippen LogP contribution in [0, 0.1) is 0 Å². The van der Waals surface area contributed by atoms with Gasteiger partial charge in [0.1, 0.15) is 0 Å². The summed E-state index contributed by atoms with van der Waals surface area (Å²) < 4.78 is 2.20. The van der Waals surface area contributed by atoms with Gasteiger partial charge in [0.2, 0.25) is 0 Å². The summed E-state index contributed by atoms with van der Waals surface area (Å²) in [6.07, 6.45) is 2.92. The van der Waals surface area contributed by atoms with Crippen molar-refractivity contribution < 1.29 is 0 Å². The molecule has 4 heteroatoms. The van der Waals surface area contributed by atoms with Gasteiger partial charge in [-0.3, -0.25) is 0 Å². The highest BCUT2D eigenvalue weighted by Crippen LogP contribution is 2.32. The molecule has 1 aromatic heterocycles. The predicted octanol–water partition coefficient (Wildman–Crippen LogP) is 2.79. The number of aryl methyl sites for hydroxylation is 1. The quantitative estimate of drug-likeness (QED) is 0.901. The average molecular weight is 262 g/mol. The number of fused-ring (bicyclic) bond motifs is 1. The molecule has 1 N–H and O–H groups in total. The van der Waals surface area contributed by atoms with Crippen molar-refractivity contribution in [2.45, 2.75) is 25.9 Å². The maximum Gasteiger partial charge on any atom is 0.0952 e. The lowest BCUT2D eigenvalue weighted by Crippen LogP contribution is -2.32. The Hall–Kier alpha value is -1.32. The van der Waals surface area contributed by atoms with E-state index in [1.807, 2.05) is 24.5 Å². The molecule has 2 aromatic rings. The summed E-state index contributed by atoms with van der Waals surface area (Å²) in [4.78, 5) is 4.51. The van der Waals surface area contributed by atoms with Crippen LogP contribution in [0.25, 0.3) is 0 Å². The number of hydrogen-bond donors (Lipinski definition) is 1. The van der Waals surface area contributed by atoms with E-state index in [2.05, 4.69) is 27.9 Å². The number of halogens is 1. The molecule has 0 fully saturated rings. The summed E-state index contributed by atoms with van der Waals surface area (Å²) in [7, 11) is 0. The Balaban J connectivity index is 2.11. The first kappa shape index (κ1) is 11.8. The van der Waals surface area contributed by atoms with E-state index in [9.17, 15) is 0 Å². The summed E-state index contributed by atoms with van der Waals surface area (Å²) in [6, 6.07) is 8.18. The number of rotatable bonds is 2. The summed E-state index contributed by atoms with van der Waals surface area (Å²) in [5.41, 5.74) is 3.59. The third-order valence-corrected chi connectivity index (χ3v) is 3.84. The van der Waals surface area contributed by atoms with Crippen LogP contribution in [-0.4, -0.2) is 16.1 Å². The molecule has 0 saturated carbocycles. The minimum absolute atomic E-state index is 0.157. The van der Waals surface area contributed by atoms with Crippen LogP contribution in [0.4, 0.5) is 0 Å². The van der Waals surface area contributed by atoms with Gasteiger partial charge < -0.3 is 9.88 Å². The molecule has 1 unspecified atom stereocenters. The lowest BCUT2D eigenvalue weighted by atomic mass is 9.97. The summed E-state index contributed by atoms with van der Waals surface area (Å²) in [6.45, 7) is 4.02. The Morgan fingerprint density at radius 1 is 1.44 bits per heavy atom. The third kappa shape index (κ3) is 1.84. The molecule has 0 radical (unpaired) electrons. The zero-order chi connectivity index (χ0) is 12.5. The molecule has 0 amide bonds. The normalized spacial score (nSPS) is 18.7. The fourth-order valence-electron chi connectivity index (χ4n) is 2.61. The van der Waals surface area contributed by atoms with Gasteiger partial charge in [-0.1, -0.05) is 29.8 Å². The molecule has 18 heavy (non-hydrogen) atoms. The number of benzene rings is 1. The fourth-order valence-corrected chi connectivity index (χ4v) is 2.85. The van der Waals surface area contributed by atoms with Crippen LogP contribution in [0.5, 0.6) is 0 Å². The van der Waals surface area contributed by atoms with Crippen LogP contribution in [0.15, 0.2) is 30.6 Å². The molecular formula is C14H16ClN3. The highest BCUT2D eigenvalue weighted by molar-refractivity contribution is 6.31. The molecule has 3 nitrogen and oxygen atoms in total. The number of nitrogens with zero attached hydrogens (tertiary/aromatic N) is 2. The van der Waals surface area contributed by atoms with Gasteiger partial charge in [-0.25, -0.2) is 4.98 Å². The summed E-state index contributed by atoms with van der Waals surface area (Å²) in [5, 5.41) is 4.36. The zero-order valence-electron chi connectivity index (χ0n) is 10.4. The molecule has 2 heterocycles. The van der Waals surface area contributed by atoms with Gasteiger partial charge in [-0.15, -0.1) is 0 Å². The maximum absolute atomic E-state index is 6.32. The minimum Gasteiger partial charge on any atom is -0.333 e. The van der Waals surface area contributed by atoms with Crippen molar-refractivity contribution in [2.24, 2.45) is 0 Å². The van der Waals surface area contributed by atoms with E-state index in [4.69, 9.17) is 11.6 Å². The van der Waals surface area contributed by atoms with Crippen molar-refractivity contribution in [1.29, 1.82) is 0 Å². The van der Waals surface area contributed by atoms with Crippen molar-refractivity contribution in [3.8, 4) is 0 Å². The molecule has 0 saturated heterocycles. The van der Waals surface area contributed by atoms with Gasteiger partial charge in [-0.05, 0) is 18.6 Å². The standard InChI is InChI=1S/C14H16ClN3/c1-2-18-9-17-12-7-8-16-13(14(12)18)10-5-3-4-6-11(10)15/h3-6,9,13,16H,2,7-8H2,1H3. The molecule has 1 aliphatic heterocycles. The lowest BCUT2D eigenvalue weighted by molar-refractivity contribution is 0.524. The Morgan fingerprint density at radius 3 is 3.06 bits per heavy atom. The van der Waals surface area contributed by atoms with Crippen LogP contribution < -0.4 is 5.32 Å². The van der Waals surface area contributed by atoms with E-state index in [1.165, 1.54) is 11.4 Å². The van der Waals surface area contributed by atoms with Crippen LogP contribution in [-0.2, 0) is 13.0 Å². The number of aromatic nitrogens is 2. The van der Waals surface area contributed by atoms with Gasteiger partial charge in [-0.2, -0.15) is 0 Å². The SMILES string of the molecule is CCn1cnc2c1C(c1ccccc1Cl)NCC2. The molecular weight excluding hydrogens is 246 g/mol. The minimum atomic E-state index is 0.157. The zero-order valence-corrected chi connectivity index (χ0v) is 11.1. The van der Waals surface area contributed by atoms with E-state index >= 15 is 0 Å². The number of imidazole rings is 1. The van der Waals surface area contributed by atoms with E-state index < -0.39 is 0 Å². The Labute approximate surface area is 112 Å². The Morgan fingerprint density at radius 2 is 2.28 bits per heavy atom. The second kappa shape index (κ2) is 4.75. The third-order valence-electron chi connectivity index (χ3n) is 3.50. The van der Waals surface area contributed by atoms with Crippen LogP contribution >= 0.6 is 11.6 Å². The maximum atomic E-state index is 6.32. The average Bonchev–Trinajstić information content (AvgIpc) is 2.82. The fraction of sp³-hybridized carbons (Fsp3) is 0.357. The Bertz CT molecular complexity index is 548. The van der Waals surface area contributed by atoms with Crippen molar-refractivity contribution in [3.63, 3.8) is 0 Å². The van der Waals surface area contributed by atoms with E-state index in [0.717, 1.165) is 30.1 Å². The van der Waals surface area contributed by atoms with Crippen molar-refractivity contribution in [3.05, 3.63) is 52.6 Å². The van der Waals surface area contributed by atoms with Gasteiger partial charge in [0.05, 0.1) is 23.8 Å². The molecule has 3 rings (SSSR count). The molecule has 1 aliphatic rings. The largest absolute Gasteiger partial charge is 0.333 e. The first-order valence-corrected chi connectivity index (χ1v) is 6.70. The summed E-state index contributed by atoms with van der Waals surface area (Å²) >= 11 is 6.32. The van der Waals surface area contributed by atoms with Crippen molar-refractivity contribution >= 4 is 11.6 Å². The van der Waals surface area contributed by atoms with E-state index in [1.54, 1.807) is 0 Å². The van der Waals surface area contributed by atoms with Crippen LogP contribution in [0.1, 0.15) is 29.9 Å². The number of nitrogens with one attached hydrogen (secondary N) is 1. The Kier molecular flexibility index (Phi) is 3.10. The van der Waals surface area contributed by atoms with Crippen LogP contribution in [0.2, 0.25) is 5.02 Å². The topological polar surface area (TPSA) is 29.9 Å². The van der Waals surface area contributed by atoms with Crippen molar-refractivity contribution in [1.82, 2.24) is 14.9 Å². The molecule has 0 spiro atoms. The highest BCUT2D eigenvalue weighted by atomic mass is 35.5. The van der Waals surface area contributed by atoms with Crippen molar-refractivity contribution in [2.75, 3.05) is 6.54 Å². The lowest BCUT2D eigenvalue weighted by Gasteiger charge is -2.26. The first-order chi connectivity index (χ1) is 8.81. The molecule has 94 valence electrons. The molecule has 0 bridgehead atoms. The van der Waals surface area contributed by atoms with Gasteiger partial charge in [0.25, 0.3) is 0 Å². The second-order valence-corrected chi connectivity index (χ2v) is 4.93. The second-order valence-electron chi connectivity index (χ2n) is 4.52. The molecule has 1 aromatic carbocycles. The molecule has 0 aliphatic carbocycles. The monoisotopic (exact) mass is 261 g/mol. The van der Waals surface area contributed by atoms with Gasteiger partial charge in [0, 0.05) is 24.5 Å². The number of hydrogen-bond acceptors (Lipinski definition) is 2. The van der Waals surface area contributed by atoms with Gasteiger partial charge in [0.15, 0.2) is 0 Å². The smallest absolute Gasteiger partial charge is 0.0952 e. The summed E-state index contributed by atoms with van der Waals surface area (Å²) in [5.74, 6) is 0. The van der Waals surface area contributed by atoms with Crippen LogP contribution in [0.3, 0.4) is 0 Å². The first-order valence-electron chi connectivity index (χ1n) is 6.33.